The van der Waals surface area contributed by atoms with Crippen LogP contribution in [0.5, 0.6) is 0 Å². The first-order chi connectivity index (χ1) is 5.74. The molecule has 1 saturated carbocycles. The van der Waals surface area contributed by atoms with E-state index in [0.29, 0.717) is 11.0 Å². The molecule has 12 heavy (non-hydrogen) atoms. The predicted molar refractivity (Wildman–Crippen MR) is 51.8 cm³/mol. The molecule has 70 valence electrons. The molecule has 0 saturated heterocycles. The van der Waals surface area contributed by atoms with Gasteiger partial charge in [-0.05, 0) is 12.8 Å². The zero-order valence-corrected chi connectivity index (χ0v) is 8.66. The average Bonchev–Trinajstić information content (AvgIpc) is 2.47. The third kappa shape index (κ3) is 2.87. The fourth-order valence-corrected chi connectivity index (χ4v) is 2.95. The van der Waals surface area contributed by atoms with Gasteiger partial charge in [-0.15, -0.1) is 23.4 Å². The molecule has 0 amide bonds. The number of carbonyl (C=O) groups is 1. The smallest absolute Gasteiger partial charge is 0.315 e. The summed E-state index contributed by atoms with van der Waals surface area (Å²) in [5.74, 6) is 0.278. The number of alkyl halides is 1. The first-order valence-electron chi connectivity index (χ1n) is 4.06. The number of ether oxygens (including phenoxy) is 1. The van der Waals surface area contributed by atoms with Gasteiger partial charge in [0.05, 0.1) is 12.9 Å². The average molecular weight is 209 g/mol. The van der Waals surface area contributed by atoms with Gasteiger partial charge in [0.25, 0.3) is 0 Å². The monoisotopic (exact) mass is 208 g/mol. The molecule has 0 aromatic rings. The number of thioether (sulfide) groups is 1. The summed E-state index contributed by atoms with van der Waals surface area (Å²) in [6.45, 7) is 0. The Bertz CT molecular complexity index is 163. The number of hydrogen-bond donors (Lipinski definition) is 0. The van der Waals surface area contributed by atoms with E-state index in [1.54, 1.807) is 11.8 Å². The Kier molecular flexibility index (Phi) is 4.22. The summed E-state index contributed by atoms with van der Waals surface area (Å²) in [5, 5.41) is 0.699. The molecule has 1 rings (SSSR count). The van der Waals surface area contributed by atoms with Gasteiger partial charge in [0.1, 0.15) is 0 Å². The molecule has 0 aromatic heterocycles. The van der Waals surface area contributed by atoms with E-state index < -0.39 is 0 Å². The molecule has 1 unspecified atom stereocenters. The van der Waals surface area contributed by atoms with E-state index in [4.69, 9.17) is 11.6 Å². The molecule has 0 radical (unpaired) electrons. The third-order valence-electron chi connectivity index (χ3n) is 2.01. The molecule has 0 spiro atoms. The Hall–Kier alpha value is 0.110. The first kappa shape index (κ1) is 10.2. The molecule has 2 atom stereocenters. The van der Waals surface area contributed by atoms with Crippen LogP contribution in [0.3, 0.4) is 0 Å². The van der Waals surface area contributed by atoms with Gasteiger partial charge in [-0.3, -0.25) is 4.79 Å². The summed E-state index contributed by atoms with van der Waals surface area (Å²) in [4.78, 5) is 10.8. The van der Waals surface area contributed by atoms with E-state index in [9.17, 15) is 4.79 Å². The Morgan fingerprint density at radius 2 is 2.42 bits per heavy atom. The quantitative estimate of drug-likeness (QED) is 0.525. The summed E-state index contributed by atoms with van der Waals surface area (Å²) in [6, 6.07) is 0. The van der Waals surface area contributed by atoms with Crippen LogP contribution >= 0.6 is 23.4 Å². The van der Waals surface area contributed by atoms with E-state index >= 15 is 0 Å². The van der Waals surface area contributed by atoms with Crippen molar-refractivity contribution >= 4 is 29.3 Å². The Morgan fingerprint density at radius 3 is 2.92 bits per heavy atom. The lowest BCUT2D eigenvalue weighted by Gasteiger charge is -2.11. The Morgan fingerprint density at radius 1 is 1.67 bits per heavy atom. The Labute approximate surface area is 82.0 Å². The van der Waals surface area contributed by atoms with Gasteiger partial charge in [-0.25, -0.2) is 0 Å². The molecule has 4 heteroatoms. The van der Waals surface area contributed by atoms with Crippen LogP contribution in [0, 0.1) is 0 Å². The fourth-order valence-electron chi connectivity index (χ4n) is 1.30. The summed E-state index contributed by atoms with van der Waals surface area (Å²) in [6.07, 6.45) is 3.41. The van der Waals surface area contributed by atoms with Crippen molar-refractivity contribution in [3.05, 3.63) is 0 Å². The Balaban J connectivity index is 2.18. The second-order valence-electron chi connectivity index (χ2n) is 2.87. The summed E-state index contributed by atoms with van der Waals surface area (Å²) < 4.78 is 4.54. The van der Waals surface area contributed by atoms with E-state index in [2.05, 4.69) is 4.74 Å². The van der Waals surface area contributed by atoms with Crippen LogP contribution in [0.25, 0.3) is 0 Å². The fraction of sp³-hybridized carbons (Fsp3) is 0.875. The van der Waals surface area contributed by atoms with Gasteiger partial charge in [0.15, 0.2) is 0 Å². The molecule has 0 N–H and O–H groups in total. The number of methoxy groups -OCH3 is 1. The second kappa shape index (κ2) is 4.97. The molecule has 2 nitrogen and oxygen atoms in total. The number of esters is 1. The number of halogens is 1. The molecule has 0 heterocycles. The third-order valence-corrected chi connectivity index (χ3v) is 4.08. The van der Waals surface area contributed by atoms with Crippen LogP contribution in [0.1, 0.15) is 19.3 Å². The van der Waals surface area contributed by atoms with Gasteiger partial charge in [-0.1, -0.05) is 6.42 Å². The molecular formula is C8H13ClO2S. The minimum atomic E-state index is -0.157. The van der Waals surface area contributed by atoms with Gasteiger partial charge in [0.2, 0.25) is 0 Å². The topological polar surface area (TPSA) is 26.3 Å². The van der Waals surface area contributed by atoms with Gasteiger partial charge < -0.3 is 4.74 Å². The standard InChI is InChI=1S/C8H13ClO2S/c1-11-8(10)5-12-7-4-2-3-6(7)9/h6-7H,2-5H2,1H3/t6-,7?/m0/s1. The normalized spacial score (nSPS) is 28.8. The molecule has 0 bridgehead atoms. The summed E-state index contributed by atoms with van der Waals surface area (Å²) in [5.41, 5.74) is 0. The van der Waals surface area contributed by atoms with Crippen LogP contribution in [0.4, 0.5) is 0 Å². The van der Waals surface area contributed by atoms with E-state index in [-0.39, 0.29) is 11.3 Å². The highest BCUT2D eigenvalue weighted by Crippen LogP contribution is 2.33. The van der Waals surface area contributed by atoms with Crippen molar-refractivity contribution in [3.8, 4) is 0 Å². The highest BCUT2D eigenvalue weighted by molar-refractivity contribution is 8.00. The maximum absolute atomic E-state index is 10.8. The predicted octanol–water partition coefficient (Wildman–Crippen LogP) is 2.05. The molecule has 1 aliphatic rings. The summed E-state index contributed by atoms with van der Waals surface area (Å²) in [7, 11) is 1.41. The maximum Gasteiger partial charge on any atom is 0.315 e. The zero-order valence-electron chi connectivity index (χ0n) is 7.09. The van der Waals surface area contributed by atoms with Gasteiger partial charge in [-0.2, -0.15) is 0 Å². The SMILES string of the molecule is COC(=O)CSC1CCC[C@@H]1Cl. The van der Waals surface area contributed by atoms with Crippen molar-refractivity contribution in [1.82, 2.24) is 0 Å². The van der Waals surface area contributed by atoms with Gasteiger partial charge >= 0.3 is 5.97 Å². The first-order valence-corrected chi connectivity index (χ1v) is 5.55. The molecule has 1 fully saturated rings. The van der Waals surface area contributed by atoms with Gasteiger partial charge in [0, 0.05) is 10.6 Å². The van der Waals surface area contributed by atoms with Crippen LogP contribution < -0.4 is 0 Å². The van der Waals surface area contributed by atoms with Crippen molar-refractivity contribution in [2.75, 3.05) is 12.9 Å². The highest BCUT2D eigenvalue weighted by atomic mass is 35.5. The number of hydrogen-bond acceptors (Lipinski definition) is 3. The second-order valence-corrected chi connectivity index (χ2v) is 4.66. The minimum Gasteiger partial charge on any atom is -0.468 e. The number of carbonyl (C=O) groups excluding carboxylic acids is 1. The number of rotatable bonds is 3. The summed E-state index contributed by atoms with van der Waals surface area (Å²) >= 11 is 7.65. The van der Waals surface area contributed by atoms with E-state index in [1.165, 1.54) is 13.5 Å². The minimum absolute atomic E-state index is 0.157. The molecular weight excluding hydrogens is 196 g/mol. The lowest BCUT2D eigenvalue weighted by molar-refractivity contribution is -0.137. The van der Waals surface area contributed by atoms with Crippen LogP contribution in [-0.2, 0) is 9.53 Å². The van der Waals surface area contributed by atoms with Crippen molar-refractivity contribution in [2.45, 2.75) is 29.9 Å². The molecule has 0 aliphatic heterocycles. The van der Waals surface area contributed by atoms with Crippen molar-refractivity contribution in [2.24, 2.45) is 0 Å². The lowest BCUT2D eigenvalue weighted by Crippen LogP contribution is -2.13. The van der Waals surface area contributed by atoms with Crippen molar-refractivity contribution in [3.63, 3.8) is 0 Å². The van der Waals surface area contributed by atoms with Crippen molar-refractivity contribution in [1.29, 1.82) is 0 Å². The lowest BCUT2D eigenvalue weighted by atomic mass is 10.4. The molecule has 0 aromatic carbocycles. The molecule has 1 aliphatic carbocycles. The maximum atomic E-state index is 10.8. The van der Waals surface area contributed by atoms with Crippen LogP contribution in [0.2, 0.25) is 0 Å². The van der Waals surface area contributed by atoms with E-state index in [0.717, 1.165) is 12.8 Å². The van der Waals surface area contributed by atoms with Crippen LogP contribution in [0.15, 0.2) is 0 Å². The zero-order chi connectivity index (χ0) is 8.97. The van der Waals surface area contributed by atoms with Crippen LogP contribution in [-0.4, -0.2) is 29.5 Å². The van der Waals surface area contributed by atoms with Crippen molar-refractivity contribution < 1.29 is 9.53 Å². The largest absolute Gasteiger partial charge is 0.468 e. The highest BCUT2D eigenvalue weighted by Gasteiger charge is 2.26. The van der Waals surface area contributed by atoms with E-state index in [1.807, 2.05) is 0 Å².